The molecule has 4 aliphatic rings. The molecule has 6 rings (SSSR count). The lowest BCUT2D eigenvalue weighted by Gasteiger charge is -2.41. The van der Waals surface area contributed by atoms with Gasteiger partial charge in [-0.3, -0.25) is 9.59 Å². The number of carbonyl (C=O) groups is 2. The SMILES string of the molecule is CC1(C)CN(C[C@@H](O)[C@@H]2Cc3ccccc3CN2)C(=O)c2ccc(C(=O)N3CCC4(C3)CC4(F)F)cc21.Cl. The summed E-state index contributed by atoms with van der Waals surface area (Å²) in [7, 11) is 0. The smallest absolute Gasteiger partial charge is 0.256 e. The number of rotatable bonds is 4. The molecule has 9 heteroatoms. The zero-order valence-corrected chi connectivity index (χ0v) is 22.5. The second-order valence-corrected chi connectivity index (χ2v) is 12.0. The Hall–Kier alpha value is -2.55. The number of benzene rings is 2. The highest BCUT2D eigenvalue weighted by atomic mass is 35.5. The van der Waals surface area contributed by atoms with Gasteiger partial charge in [0.1, 0.15) is 0 Å². The van der Waals surface area contributed by atoms with Gasteiger partial charge in [0.05, 0.1) is 11.5 Å². The first kappa shape index (κ1) is 27.0. The zero-order valence-electron chi connectivity index (χ0n) is 21.7. The molecule has 1 aliphatic carbocycles. The molecule has 1 spiro atoms. The second kappa shape index (κ2) is 9.28. The first-order chi connectivity index (χ1) is 17.5. The van der Waals surface area contributed by atoms with Gasteiger partial charge in [0.2, 0.25) is 0 Å². The number of β-amino-alcohol motifs (C(OH)–C–C–N with tert-alkyl or cyclic N) is 1. The lowest BCUT2D eigenvalue weighted by Crippen LogP contribution is -2.54. The molecule has 3 aliphatic heterocycles. The van der Waals surface area contributed by atoms with Crippen molar-refractivity contribution in [3.8, 4) is 0 Å². The van der Waals surface area contributed by atoms with E-state index in [0.717, 1.165) is 5.56 Å². The van der Waals surface area contributed by atoms with Crippen molar-refractivity contribution in [1.82, 2.24) is 15.1 Å². The maximum absolute atomic E-state index is 13.8. The summed E-state index contributed by atoms with van der Waals surface area (Å²) in [5, 5.41) is 14.5. The third kappa shape index (κ3) is 4.40. The molecule has 2 amide bonds. The predicted molar refractivity (Wildman–Crippen MR) is 142 cm³/mol. The van der Waals surface area contributed by atoms with Crippen LogP contribution in [-0.2, 0) is 18.4 Å². The van der Waals surface area contributed by atoms with E-state index in [1.807, 2.05) is 26.0 Å². The van der Waals surface area contributed by atoms with Gasteiger partial charge in [-0.15, -0.1) is 12.4 Å². The summed E-state index contributed by atoms with van der Waals surface area (Å²) < 4.78 is 27.6. The highest BCUT2D eigenvalue weighted by molar-refractivity contribution is 6.00. The Balaban J connectivity index is 0.00000294. The fourth-order valence-corrected chi connectivity index (χ4v) is 6.53. The minimum atomic E-state index is -2.67. The Labute approximate surface area is 227 Å². The molecule has 204 valence electrons. The fraction of sp³-hybridized carbons (Fsp3) is 0.517. The van der Waals surface area contributed by atoms with E-state index in [-0.39, 0.29) is 49.8 Å². The van der Waals surface area contributed by atoms with Crippen LogP contribution in [0.4, 0.5) is 8.78 Å². The molecule has 1 unspecified atom stereocenters. The lowest BCUT2D eigenvalue weighted by molar-refractivity contribution is 0.0444. The molecule has 0 bridgehead atoms. The van der Waals surface area contributed by atoms with Crippen LogP contribution in [-0.4, -0.2) is 71.0 Å². The Morgan fingerprint density at radius 3 is 2.55 bits per heavy atom. The third-order valence-electron chi connectivity index (χ3n) is 8.94. The van der Waals surface area contributed by atoms with Gasteiger partial charge in [0.15, 0.2) is 0 Å². The zero-order chi connectivity index (χ0) is 26.2. The van der Waals surface area contributed by atoms with Gasteiger partial charge in [-0.1, -0.05) is 38.1 Å². The van der Waals surface area contributed by atoms with Crippen molar-refractivity contribution < 1.29 is 23.5 Å². The number of nitrogens with zero attached hydrogens (tertiary/aromatic N) is 2. The first-order valence-electron chi connectivity index (χ1n) is 13.1. The van der Waals surface area contributed by atoms with Crippen molar-refractivity contribution >= 4 is 24.2 Å². The number of fused-ring (bicyclic) bond motifs is 2. The van der Waals surface area contributed by atoms with E-state index in [1.165, 1.54) is 16.0 Å². The minimum Gasteiger partial charge on any atom is -0.390 e. The van der Waals surface area contributed by atoms with Crippen LogP contribution < -0.4 is 5.32 Å². The number of amides is 2. The van der Waals surface area contributed by atoms with Crippen LogP contribution in [0.5, 0.6) is 0 Å². The number of alkyl halides is 2. The van der Waals surface area contributed by atoms with Crippen LogP contribution in [0, 0.1) is 5.41 Å². The quantitative estimate of drug-likeness (QED) is 0.613. The van der Waals surface area contributed by atoms with E-state index in [0.29, 0.717) is 43.6 Å². The summed E-state index contributed by atoms with van der Waals surface area (Å²) in [6.07, 6.45) is 0.173. The van der Waals surface area contributed by atoms with Crippen LogP contribution in [0.3, 0.4) is 0 Å². The maximum atomic E-state index is 13.8. The highest BCUT2D eigenvalue weighted by Crippen LogP contribution is 2.65. The van der Waals surface area contributed by atoms with Gasteiger partial charge in [-0.05, 0) is 47.7 Å². The molecule has 1 saturated heterocycles. The molecule has 2 fully saturated rings. The highest BCUT2D eigenvalue weighted by Gasteiger charge is 2.73. The van der Waals surface area contributed by atoms with Gasteiger partial charge < -0.3 is 20.2 Å². The van der Waals surface area contributed by atoms with E-state index >= 15 is 0 Å². The predicted octanol–water partition coefficient (Wildman–Crippen LogP) is 3.79. The van der Waals surface area contributed by atoms with E-state index in [9.17, 15) is 23.5 Å². The van der Waals surface area contributed by atoms with E-state index in [2.05, 4.69) is 17.4 Å². The van der Waals surface area contributed by atoms with Gasteiger partial charge in [0, 0.05) is 61.7 Å². The Bertz CT molecular complexity index is 1290. The monoisotopic (exact) mass is 545 g/mol. The van der Waals surface area contributed by atoms with Crippen LogP contribution in [0.1, 0.15) is 64.1 Å². The number of likely N-dealkylation sites (tertiary alicyclic amines) is 1. The third-order valence-corrected chi connectivity index (χ3v) is 8.94. The van der Waals surface area contributed by atoms with Crippen LogP contribution in [0.2, 0.25) is 0 Å². The average Bonchev–Trinajstić information content (AvgIpc) is 3.18. The molecule has 0 radical (unpaired) electrons. The summed E-state index contributed by atoms with van der Waals surface area (Å²) in [4.78, 5) is 29.8. The molecule has 2 aromatic rings. The number of hydrogen-bond acceptors (Lipinski definition) is 4. The van der Waals surface area contributed by atoms with Gasteiger partial charge in [-0.25, -0.2) is 8.78 Å². The molecule has 0 aromatic heterocycles. The van der Waals surface area contributed by atoms with Gasteiger partial charge in [-0.2, -0.15) is 0 Å². The van der Waals surface area contributed by atoms with Crippen LogP contribution >= 0.6 is 12.4 Å². The normalized spacial score (nSPS) is 27.4. The number of aliphatic hydroxyl groups is 1. The molecule has 3 heterocycles. The molecule has 6 nitrogen and oxygen atoms in total. The summed E-state index contributed by atoms with van der Waals surface area (Å²) in [5.41, 5.74) is 2.70. The largest absolute Gasteiger partial charge is 0.390 e. The van der Waals surface area contributed by atoms with Crippen molar-refractivity contribution in [2.45, 2.75) is 63.1 Å². The molecule has 2 N–H and O–H groups in total. The summed E-state index contributed by atoms with van der Waals surface area (Å²) in [6.45, 7) is 5.78. The standard InChI is InChI=1S/C29H33F2N3O3.ClH/c1-27(2)16-34(14-24(35)23-12-18-5-3-4-6-20(18)13-32-23)26(37)21-8-7-19(11-22(21)27)25(36)33-10-9-28(17-33)15-29(28,30)31;/h3-8,11,23-24,32,35H,9-10,12-17H2,1-2H3;1H/t23-,24+,28?;/m0./s1. The van der Waals surface area contributed by atoms with Gasteiger partial charge >= 0.3 is 0 Å². The lowest BCUT2D eigenvalue weighted by atomic mass is 9.77. The molecule has 2 aromatic carbocycles. The maximum Gasteiger partial charge on any atom is 0.256 e. The van der Waals surface area contributed by atoms with Crippen molar-refractivity contribution in [3.63, 3.8) is 0 Å². The Morgan fingerprint density at radius 1 is 1.16 bits per heavy atom. The second-order valence-electron chi connectivity index (χ2n) is 12.0. The van der Waals surface area contributed by atoms with Crippen molar-refractivity contribution in [1.29, 1.82) is 0 Å². The van der Waals surface area contributed by atoms with Crippen molar-refractivity contribution in [2.24, 2.45) is 5.41 Å². The summed E-state index contributed by atoms with van der Waals surface area (Å²) in [6, 6.07) is 13.1. The summed E-state index contributed by atoms with van der Waals surface area (Å²) >= 11 is 0. The molecule has 1 saturated carbocycles. The molecular formula is C29H34ClF2N3O3. The number of hydrogen-bond donors (Lipinski definition) is 2. The molecule has 3 atom stereocenters. The Kier molecular flexibility index (Phi) is 6.60. The summed E-state index contributed by atoms with van der Waals surface area (Å²) in [5.74, 6) is -3.09. The fourth-order valence-electron chi connectivity index (χ4n) is 6.53. The average molecular weight is 546 g/mol. The molecular weight excluding hydrogens is 512 g/mol. The number of carbonyl (C=O) groups excluding carboxylic acids is 2. The van der Waals surface area contributed by atoms with E-state index < -0.39 is 22.9 Å². The van der Waals surface area contributed by atoms with Crippen LogP contribution in [0.25, 0.3) is 0 Å². The number of aliphatic hydroxyl groups excluding tert-OH is 1. The van der Waals surface area contributed by atoms with Crippen molar-refractivity contribution in [2.75, 3.05) is 26.2 Å². The molecule has 38 heavy (non-hydrogen) atoms. The van der Waals surface area contributed by atoms with E-state index in [1.54, 1.807) is 23.1 Å². The minimum absolute atomic E-state index is 0. The number of nitrogens with one attached hydrogen (secondary N) is 1. The van der Waals surface area contributed by atoms with Crippen LogP contribution in [0.15, 0.2) is 42.5 Å². The Morgan fingerprint density at radius 2 is 1.87 bits per heavy atom. The van der Waals surface area contributed by atoms with Gasteiger partial charge in [0.25, 0.3) is 17.7 Å². The number of halogens is 3. The topological polar surface area (TPSA) is 72.9 Å². The first-order valence-corrected chi connectivity index (χ1v) is 13.1. The van der Waals surface area contributed by atoms with E-state index in [4.69, 9.17) is 0 Å². The van der Waals surface area contributed by atoms with Crippen molar-refractivity contribution in [3.05, 3.63) is 70.3 Å².